The Morgan fingerprint density at radius 1 is 1.18 bits per heavy atom. The first-order chi connectivity index (χ1) is 8.25. The smallest absolute Gasteiger partial charge is 0.259 e. The predicted molar refractivity (Wildman–Crippen MR) is 63.1 cm³/mol. The van der Waals surface area contributed by atoms with Crippen molar-refractivity contribution in [1.29, 1.82) is 0 Å². The maximum absolute atomic E-state index is 12.2. The third-order valence-corrected chi connectivity index (χ3v) is 3.05. The molecular weight excluding hydrogens is 216 g/mol. The van der Waals surface area contributed by atoms with Crippen LogP contribution in [0.5, 0.6) is 0 Å². The fourth-order valence-corrected chi connectivity index (χ4v) is 2.14. The molecule has 1 aromatic heterocycles. The van der Waals surface area contributed by atoms with Crippen LogP contribution in [0.3, 0.4) is 0 Å². The first-order valence-corrected chi connectivity index (χ1v) is 5.45. The summed E-state index contributed by atoms with van der Waals surface area (Å²) in [6.45, 7) is 1.28. The molecule has 0 radical (unpaired) electrons. The zero-order valence-electron chi connectivity index (χ0n) is 9.22. The number of nitrogens with two attached hydrogens (primary N) is 1. The highest BCUT2D eigenvalue weighted by molar-refractivity contribution is 5.98. The second-order valence-electron chi connectivity index (χ2n) is 4.13. The first kappa shape index (κ1) is 9.96. The maximum atomic E-state index is 12.2. The van der Waals surface area contributed by atoms with Gasteiger partial charge in [-0.05, 0) is 17.2 Å². The number of carbonyl (C=O) groups is 1. The molecule has 1 amide bonds. The monoisotopic (exact) mass is 228 g/mol. The highest BCUT2D eigenvalue weighted by atomic mass is 16.3. The fraction of sp³-hybridized carbons (Fsp3) is 0.154. The van der Waals surface area contributed by atoms with Gasteiger partial charge in [-0.1, -0.05) is 24.3 Å². The van der Waals surface area contributed by atoms with Crippen molar-refractivity contribution < 1.29 is 9.21 Å². The summed E-state index contributed by atoms with van der Waals surface area (Å²) in [6.07, 6.45) is 1.44. The van der Waals surface area contributed by atoms with Crippen molar-refractivity contribution in [2.24, 2.45) is 0 Å². The van der Waals surface area contributed by atoms with Crippen LogP contribution in [0, 0.1) is 0 Å². The minimum atomic E-state index is -0.0764. The lowest BCUT2D eigenvalue weighted by atomic mass is 10.1. The molecule has 0 saturated heterocycles. The van der Waals surface area contributed by atoms with Crippen LogP contribution >= 0.6 is 0 Å². The number of hydrogen-bond donors (Lipinski definition) is 1. The van der Waals surface area contributed by atoms with E-state index in [0.717, 1.165) is 0 Å². The molecule has 0 unspecified atom stereocenters. The zero-order chi connectivity index (χ0) is 11.8. The van der Waals surface area contributed by atoms with E-state index in [4.69, 9.17) is 10.2 Å². The summed E-state index contributed by atoms with van der Waals surface area (Å²) < 4.78 is 4.95. The fourth-order valence-electron chi connectivity index (χ4n) is 2.14. The molecular formula is C13H12N2O2. The maximum Gasteiger partial charge on any atom is 0.259 e. The zero-order valence-corrected chi connectivity index (χ0v) is 9.22. The third kappa shape index (κ3) is 1.58. The average molecular weight is 228 g/mol. The molecule has 2 heterocycles. The number of nitrogen functional groups attached to an aromatic ring is 1. The second kappa shape index (κ2) is 3.66. The Balaban J connectivity index is 1.86. The average Bonchev–Trinajstić information content (AvgIpc) is 2.93. The molecule has 0 saturated carbocycles. The van der Waals surface area contributed by atoms with Crippen molar-refractivity contribution in [3.63, 3.8) is 0 Å². The van der Waals surface area contributed by atoms with E-state index in [2.05, 4.69) is 0 Å². The minimum absolute atomic E-state index is 0.0764. The van der Waals surface area contributed by atoms with Crippen LogP contribution in [0.1, 0.15) is 21.5 Å². The lowest BCUT2D eigenvalue weighted by Gasteiger charge is -2.14. The number of hydrogen-bond acceptors (Lipinski definition) is 3. The van der Waals surface area contributed by atoms with E-state index in [9.17, 15) is 4.79 Å². The van der Waals surface area contributed by atoms with Gasteiger partial charge in [0, 0.05) is 13.1 Å². The number of benzene rings is 1. The van der Waals surface area contributed by atoms with Crippen molar-refractivity contribution in [1.82, 2.24) is 4.90 Å². The Kier molecular flexibility index (Phi) is 2.14. The molecule has 0 atom stereocenters. The van der Waals surface area contributed by atoms with Crippen LogP contribution in [-0.4, -0.2) is 10.8 Å². The molecule has 2 aromatic rings. The Bertz CT molecular complexity index is 549. The van der Waals surface area contributed by atoms with Crippen molar-refractivity contribution >= 4 is 11.8 Å². The molecule has 4 nitrogen and oxygen atoms in total. The molecule has 3 rings (SSSR count). The number of carbonyl (C=O) groups excluding carboxylic acids is 1. The van der Waals surface area contributed by atoms with Crippen molar-refractivity contribution in [2.75, 3.05) is 5.73 Å². The summed E-state index contributed by atoms with van der Waals surface area (Å²) in [5, 5.41) is 0. The lowest BCUT2D eigenvalue weighted by molar-refractivity contribution is 0.0752. The summed E-state index contributed by atoms with van der Waals surface area (Å²) in [5.74, 6) is 0.110. The Labute approximate surface area is 98.6 Å². The SMILES string of the molecule is Nc1occc1C(=O)N1Cc2ccccc2C1. The van der Waals surface area contributed by atoms with E-state index in [1.54, 1.807) is 11.0 Å². The molecule has 86 valence electrons. The number of nitrogens with zero attached hydrogens (tertiary/aromatic N) is 1. The molecule has 0 spiro atoms. The lowest BCUT2D eigenvalue weighted by Crippen LogP contribution is -2.25. The molecule has 17 heavy (non-hydrogen) atoms. The highest BCUT2D eigenvalue weighted by Gasteiger charge is 2.25. The van der Waals surface area contributed by atoms with Crippen LogP contribution in [0.25, 0.3) is 0 Å². The summed E-state index contributed by atoms with van der Waals surface area (Å²) in [5.41, 5.74) is 8.44. The topological polar surface area (TPSA) is 59.5 Å². The number of rotatable bonds is 1. The number of fused-ring (bicyclic) bond motifs is 1. The summed E-state index contributed by atoms with van der Waals surface area (Å²) in [7, 11) is 0. The van der Waals surface area contributed by atoms with Crippen molar-refractivity contribution in [3.8, 4) is 0 Å². The van der Waals surface area contributed by atoms with Crippen LogP contribution in [0.15, 0.2) is 41.0 Å². The van der Waals surface area contributed by atoms with Gasteiger partial charge in [0.25, 0.3) is 5.91 Å². The standard InChI is InChI=1S/C13H12N2O2/c14-12-11(5-6-17-12)13(16)15-7-9-3-1-2-4-10(9)8-15/h1-6H,7-8,14H2. The third-order valence-electron chi connectivity index (χ3n) is 3.05. The van der Waals surface area contributed by atoms with E-state index in [0.29, 0.717) is 18.7 Å². The van der Waals surface area contributed by atoms with E-state index in [-0.39, 0.29) is 11.8 Å². The van der Waals surface area contributed by atoms with Gasteiger partial charge in [0.1, 0.15) is 5.56 Å². The number of amides is 1. The van der Waals surface area contributed by atoms with Crippen LogP contribution < -0.4 is 5.73 Å². The van der Waals surface area contributed by atoms with E-state index < -0.39 is 0 Å². The van der Waals surface area contributed by atoms with E-state index in [1.165, 1.54) is 17.4 Å². The Morgan fingerprint density at radius 2 is 1.82 bits per heavy atom. The van der Waals surface area contributed by atoms with Gasteiger partial charge < -0.3 is 15.1 Å². The van der Waals surface area contributed by atoms with Crippen LogP contribution in [0.4, 0.5) is 5.88 Å². The molecule has 0 aliphatic carbocycles. The molecule has 2 N–H and O–H groups in total. The predicted octanol–water partition coefficient (Wildman–Crippen LogP) is 2.02. The number of anilines is 1. The van der Waals surface area contributed by atoms with E-state index in [1.807, 2.05) is 24.3 Å². The summed E-state index contributed by atoms with van der Waals surface area (Å²) >= 11 is 0. The van der Waals surface area contributed by atoms with Gasteiger partial charge in [0.15, 0.2) is 0 Å². The van der Waals surface area contributed by atoms with Crippen molar-refractivity contribution in [3.05, 3.63) is 53.3 Å². The number of furan rings is 1. The minimum Gasteiger partial charge on any atom is -0.448 e. The Morgan fingerprint density at radius 3 is 2.35 bits per heavy atom. The highest BCUT2D eigenvalue weighted by Crippen LogP contribution is 2.25. The Hall–Kier alpha value is -2.23. The van der Waals surface area contributed by atoms with Gasteiger partial charge in [0.05, 0.1) is 6.26 Å². The van der Waals surface area contributed by atoms with Gasteiger partial charge in [-0.3, -0.25) is 4.79 Å². The first-order valence-electron chi connectivity index (χ1n) is 5.45. The van der Waals surface area contributed by atoms with Crippen molar-refractivity contribution in [2.45, 2.75) is 13.1 Å². The molecule has 0 bridgehead atoms. The summed E-state index contributed by atoms with van der Waals surface area (Å²) in [4.78, 5) is 14.0. The van der Waals surface area contributed by atoms with Gasteiger partial charge in [-0.15, -0.1) is 0 Å². The molecule has 1 aliphatic rings. The normalized spacial score (nSPS) is 13.8. The quantitative estimate of drug-likeness (QED) is 0.812. The molecule has 1 aromatic carbocycles. The molecule has 4 heteroatoms. The molecule has 0 fully saturated rings. The van der Waals surface area contributed by atoms with Gasteiger partial charge in [-0.2, -0.15) is 0 Å². The largest absolute Gasteiger partial charge is 0.448 e. The van der Waals surface area contributed by atoms with E-state index >= 15 is 0 Å². The van der Waals surface area contributed by atoms with Gasteiger partial charge in [0.2, 0.25) is 5.88 Å². The molecule has 1 aliphatic heterocycles. The second-order valence-corrected chi connectivity index (χ2v) is 4.13. The summed E-state index contributed by atoms with van der Waals surface area (Å²) in [6, 6.07) is 9.67. The van der Waals surface area contributed by atoms with Gasteiger partial charge >= 0.3 is 0 Å². The van der Waals surface area contributed by atoms with Crippen LogP contribution in [0.2, 0.25) is 0 Å². The van der Waals surface area contributed by atoms with Gasteiger partial charge in [-0.25, -0.2) is 0 Å². The van der Waals surface area contributed by atoms with Crippen LogP contribution in [-0.2, 0) is 13.1 Å².